The fourth-order valence-electron chi connectivity index (χ4n) is 2.71. The number of ether oxygens (including phenoxy) is 2. The van der Waals surface area contributed by atoms with Crippen molar-refractivity contribution in [3.8, 4) is 22.6 Å². The van der Waals surface area contributed by atoms with Gasteiger partial charge in [0.05, 0.1) is 6.61 Å². The van der Waals surface area contributed by atoms with Crippen LogP contribution in [-0.2, 0) is 4.74 Å². The van der Waals surface area contributed by atoms with Gasteiger partial charge in [-0.05, 0) is 35.4 Å². The Morgan fingerprint density at radius 1 is 0.880 bits per heavy atom. The molecule has 0 aliphatic carbocycles. The molecule has 0 bridgehead atoms. The van der Waals surface area contributed by atoms with Crippen LogP contribution in [0.5, 0.6) is 11.5 Å². The van der Waals surface area contributed by atoms with Crippen LogP contribution in [0.3, 0.4) is 0 Å². The molecule has 0 radical (unpaired) electrons. The minimum atomic E-state index is -1.48. The Kier molecular flexibility index (Phi) is 5.22. The Morgan fingerprint density at radius 2 is 1.60 bits per heavy atom. The molecule has 2 aromatic carbocycles. The molecule has 0 saturated carbocycles. The Hall–Kier alpha value is -2.16. The van der Waals surface area contributed by atoms with Crippen LogP contribution >= 0.6 is 0 Å². The van der Waals surface area contributed by atoms with E-state index in [9.17, 15) is 25.5 Å². The van der Waals surface area contributed by atoms with Gasteiger partial charge in [-0.15, -0.1) is 0 Å². The van der Waals surface area contributed by atoms with Crippen LogP contribution in [0.2, 0.25) is 0 Å². The van der Waals surface area contributed by atoms with Crippen LogP contribution in [0, 0.1) is 0 Å². The topological polar surface area (TPSA) is 120 Å². The number of aliphatic hydroxyl groups excluding tert-OH is 4. The van der Waals surface area contributed by atoms with Gasteiger partial charge in [-0.3, -0.25) is 0 Å². The Morgan fingerprint density at radius 3 is 2.24 bits per heavy atom. The molecule has 7 nitrogen and oxygen atoms in total. The van der Waals surface area contributed by atoms with Crippen molar-refractivity contribution in [2.45, 2.75) is 30.7 Å². The lowest BCUT2D eigenvalue weighted by molar-refractivity contribution is -0.277. The summed E-state index contributed by atoms with van der Waals surface area (Å²) in [6.07, 6.45) is -6.60. The lowest BCUT2D eigenvalue weighted by Gasteiger charge is -2.39. The standard InChI is InChI=1S/C18H20O7/c19-9-14-15(21)16(22)17(23)18(25-14)24-13-6-4-10(5-7-13)11-2-1-3-12(20)8-11/h1-8,14-23H,9H2/t14-,15-,16+,17+,18+/m1/s1. The summed E-state index contributed by atoms with van der Waals surface area (Å²) in [7, 11) is 0. The number of phenolic OH excluding ortho intramolecular Hbond substituents is 1. The average Bonchev–Trinajstić information content (AvgIpc) is 2.63. The van der Waals surface area contributed by atoms with Crippen molar-refractivity contribution >= 4 is 0 Å². The van der Waals surface area contributed by atoms with Crippen molar-refractivity contribution in [3.05, 3.63) is 48.5 Å². The van der Waals surface area contributed by atoms with E-state index in [2.05, 4.69) is 0 Å². The molecule has 2 aromatic rings. The highest BCUT2D eigenvalue weighted by Crippen LogP contribution is 2.28. The van der Waals surface area contributed by atoms with Gasteiger partial charge in [-0.2, -0.15) is 0 Å². The van der Waals surface area contributed by atoms with Crippen molar-refractivity contribution in [2.75, 3.05) is 6.61 Å². The van der Waals surface area contributed by atoms with E-state index in [-0.39, 0.29) is 5.75 Å². The molecule has 0 unspecified atom stereocenters. The van der Waals surface area contributed by atoms with Gasteiger partial charge in [0.2, 0.25) is 6.29 Å². The fraction of sp³-hybridized carbons (Fsp3) is 0.333. The maximum absolute atomic E-state index is 9.98. The van der Waals surface area contributed by atoms with Gasteiger partial charge in [0.15, 0.2) is 0 Å². The molecular weight excluding hydrogens is 328 g/mol. The first-order valence-corrected chi connectivity index (χ1v) is 7.86. The van der Waals surface area contributed by atoms with Crippen LogP contribution in [-0.4, -0.2) is 62.8 Å². The molecule has 25 heavy (non-hydrogen) atoms. The predicted octanol–water partition coefficient (Wildman–Crippen LogP) is 0.238. The molecule has 7 heteroatoms. The van der Waals surface area contributed by atoms with Crippen LogP contribution in [0.1, 0.15) is 0 Å². The molecule has 3 rings (SSSR count). The van der Waals surface area contributed by atoms with Gasteiger partial charge < -0.3 is 35.0 Å². The van der Waals surface area contributed by atoms with Crippen LogP contribution in [0.4, 0.5) is 0 Å². The predicted molar refractivity (Wildman–Crippen MR) is 87.9 cm³/mol. The van der Waals surface area contributed by atoms with Crippen molar-refractivity contribution in [2.24, 2.45) is 0 Å². The maximum Gasteiger partial charge on any atom is 0.229 e. The van der Waals surface area contributed by atoms with Gasteiger partial charge in [0.25, 0.3) is 0 Å². The third kappa shape index (κ3) is 3.76. The second-order valence-corrected chi connectivity index (χ2v) is 5.89. The summed E-state index contributed by atoms with van der Waals surface area (Å²) in [5.74, 6) is 0.548. The van der Waals surface area contributed by atoms with E-state index in [1.165, 1.54) is 0 Å². The van der Waals surface area contributed by atoms with Gasteiger partial charge in [0, 0.05) is 0 Å². The number of rotatable bonds is 4. The van der Waals surface area contributed by atoms with Crippen molar-refractivity contribution in [3.63, 3.8) is 0 Å². The Balaban J connectivity index is 1.73. The summed E-state index contributed by atoms with van der Waals surface area (Å²) in [5, 5.41) is 48.2. The maximum atomic E-state index is 9.98. The molecule has 0 spiro atoms. The number of aliphatic hydroxyl groups is 4. The van der Waals surface area contributed by atoms with Crippen molar-refractivity contribution in [1.29, 1.82) is 0 Å². The first-order chi connectivity index (χ1) is 12.0. The third-order valence-electron chi connectivity index (χ3n) is 4.13. The summed E-state index contributed by atoms with van der Waals surface area (Å²) < 4.78 is 10.8. The molecule has 1 heterocycles. The third-order valence-corrected chi connectivity index (χ3v) is 4.13. The van der Waals surface area contributed by atoms with E-state index in [0.717, 1.165) is 11.1 Å². The molecule has 5 atom stereocenters. The highest BCUT2D eigenvalue weighted by Gasteiger charge is 2.44. The van der Waals surface area contributed by atoms with E-state index in [0.29, 0.717) is 5.75 Å². The van der Waals surface area contributed by atoms with Gasteiger partial charge >= 0.3 is 0 Å². The molecule has 1 fully saturated rings. The molecule has 5 N–H and O–H groups in total. The number of hydrogen-bond donors (Lipinski definition) is 5. The number of benzene rings is 2. The first kappa shape index (κ1) is 17.7. The lowest BCUT2D eigenvalue weighted by Crippen LogP contribution is -2.60. The summed E-state index contributed by atoms with van der Waals surface area (Å²) >= 11 is 0. The second kappa shape index (κ2) is 7.38. The lowest BCUT2D eigenvalue weighted by atomic mass is 9.99. The fourth-order valence-corrected chi connectivity index (χ4v) is 2.71. The summed E-state index contributed by atoms with van der Waals surface area (Å²) in [6.45, 7) is -0.513. The van der Waals surface area contributed by atoms with Crippen molar-refractivity contribution in [1.82, 2.24) is 0 Å². The highest BCUT2D eigenvalue weighted by atomic mass is 16.7. The zero-order valence-electron chi connectivity index (χ0n) is 13.3. The first-order valence-electron chi connectivity index (χ1n) is 7.86. The van der Waals surface area contributed by atoms with Crippen LogP contribution < -0.4 is 4.74 Å². The molecule has 1 aliphatic heterocycles. The molecule has 0 aromatic heterocycles. The largest absolute Gasteiger partial charge is 0.508 e. The summed E-state index contributed by atoms with van der Waals surface area (Å²) in [5.41, 5.74) is 1.69. The monoisotopic (exact) mass is 348 g/mol. The Bertz CT molecular complexity index is 701. The molecule has 1 aliphatic rings. The zero-order chi connectivity index (χ0) is 18.0. The van der Waals surface area contributed by atoms with E-state index in [1.807, 2.05) is 6.07 Å². The minimum absolute atomic E-state index is 0.166. The summed E-state index contributed by atoms with van der Waals surface area (Å²) in [6, 6.07) is 13.7. The molecule has 134 valence electrons. The van der Waals surface area contributed by atoms with Gasteiger partial charge in [0.1, 0.15) is 35.9 Å². The van der Waals surface area contributed by atoms with Gasteiger partial charge in [-0.1, -0.05) is 24.3 Å². The quantitative estimate of drug-likeness (QED) is 0.537. The zero-order valence-corrected chi connectivity index (χ0v) is 13.3. The SMILES string of the molecule is OC[C@H]1O[C@H](Oc2ccc(-c3cccc(O)c3)cc2)[C@@H](O)[C@@H](O)[C@@H]1O. The average molecular weight is 348 g/mol. The van der Waals surface area contributed by atoms with E-state index in [1.54, 1.807) is 42.5 Å². The Labute approximate surface area is 144 Å². The van der Waals surface area contributed by atoms with Crippen molar-refractivity contribution < 1.29 is 35.0 Å². The van der Waals surface area contributed by atoms with Crippen LogP contribution in [0.25, 0.3) is 11.1 Å². The van der Waals surface area contributed by atoms with Crippen LogP contribution in [0.15, 0.2) is 48.5 Å². The summed E-state index contributed by atoms with van der Waals surface area (Å²) in [4.78, 5) is 0. The second-order valence-electron chi connectivity index (χ2n) is 5.89. The highest BCUT2D eigenvalue weighted by molar-refractivity contribution is 5.65. The van der Waals surface area contributed by atoms with E-state index < -0.39 is 37.3 Å². The molecule has 1 saturated heterocycles. The minimum Gasteiger partial charge on any atom is -0.508 e. The normalized spacial score (nSPS) is 29.4. The molecular formula is C18H20O7. The number of hydrogen-bond acceptors (Lipinski definition) is 7. The molecule has 0 amide bonds. The van der Waals surface area contributed by atoms with Gasteiger partial charge in [-0.25, -0.2) is 0 Å². The number of aromatic hydroxyl groups is 1. The number of phenols is 1. The van der Waals surface area contributed by atoms with E-state index >= 15 is 0 Å². The smallest absolute Gasteiger partial charge is 0.229 e. The van der Waals surface area contributed by atoms with E-state index in [4.69, 9.17) is 9.47 Å².